The summed E-state index contributed by atoms with van der Waals surface area (Å²) >= 11 is 5.62. The lowest BCUT2D eigenvalue weighted by molar-refractivity contribution is 0.694. The quantitative estimate of drug-likeness (QED) is 0.735. The number of hydrogen-bond acceptors (Lipinski definition) is 2. The molecular formula is C8H11ClN2O. The predicted molar refractivity (Wildman–Crippen MR) is 49.3 cm³/mol. The van der Waals surface area contributed by atoms with Crippen molar-refractivity contribution in [2.75, 3.05) is 0 Å². The van der Waals surface area contributed by atoms with Gasteiger partial charge in [-0.25, -0.2) is 0 Å². The Morgan fingerprint density at radius 3 is 2.92 bits per heavy atom. The highest BCUT2D eigenvalue weighted by Crippen LogP contribution is 2.13. The second-order valence-electron chi connectivity index (χ2n) is 2.62. The second kappa shape index (κ2) is 3.74. The molecule has 0 bridgehead atoms. The average molecular weight is 187 g/mol. The summed E-state index contributed by atoms with van der Waals surface area (Å²) in [6.07, 6.45) is 2.42. The summed E-state index contributed by atoms with van der Waals surface area (Å²) in [5.41, 5.74) is 6.32. The van der Waals surface area contributed by atoms with Gasteiger partial charge in [0.25, 0.3) is 5.56 Å². The molecule has 1 heterocycles. The number of halogens is 1. The van der Waals surface area contributed by atoms with Crippen LogP contribution >= 0.6 is 11.6 Å². The number of H-pyrrole nitrogens is 1. The number of pyridine rings is 1. The van der Waals surface area contributed by atoms with Gasteiger partial charge in [0, 0.05) is 12.2 Å². The third-order valence-corrected chi connectivity index (χ3v) is 2.03. The Morgan fingerprint density at radius 2 is 2.42 bits per heavy atom. The maximum absolute atomic E-state index is 10.9. The third-order valence-electron chi connectivity index (χ3n) is 1.75. The van der Waals surface area contributed by atoms with Gasteiger partial charge in [-0.05, 0) is 18.1 Å². The van der Waals surface area contributed by atoms with E-state index in [1.807, 2.05) is 6.92 Å². The molecule has 12 heavy (non-hydrogen) atoms. The monoisotopic (exact) mass is 186 g/mol. The van der Waals surface area contributed by atoms with Crippen LogP contribution in [0.4, 0.5) is 0 Å². The summed E-state index contributed by atoms with van der Waals surface area (Å²) in [6.45, 7) is 1.98. The van der Waals surface area contributed by atoms with E-state index in [0.717, 1.165) is 12.0 Å². The summed E-state index contributed by atoms with van der Waals surface area (Å²) < 4.78 is 0. The molecule has 0 saturated heterocycles. The van der Waals surface area contributed by atoms with Crippen LogP contribution in [0.3, 0.4) is 0 Å². The van der Waals surface area contributed by atoms with Crippen LogP contribution in [0.2, 0.25) is 5.02 Å². The molecule has 1 aromatic rings. The number of hydrogen-bond donors (Lipinski definition) is 2. The molecule has 0 aliphatic rings. The predicted octanol–water partition coefficient (Wildman–Crippen LogP) is 1.44. The zero-order chi connectivity index (χ0) is 9.14. The summed E-state index contributed by atoms with van der Waals surface area (Å²) in [6, 6.07) is 1.55. The average Bonchev–Trinajstić information content (AvgIpc) is 2.08. The molecule has 0 radical (unpaired) electrons. The Balaban J connectivity index is 3.04. The van der Waals surface area contributed by atoms with Crippen LogP contribution in [0.1, 0.15) is 24.9 Å². The molecule has 0 aromatic carbocycles. The van der Waals surface area contributed by atoms with Gasteiger partial charge in [0.15, 0.2) is 0 Å². The van der Waals surface area contributed by atoms with Gasteiger partial charge < -0.3 is 10.7 Å². The van der Waals surface area contributed by atoms with Crippen LogP contribution in [0.15, 0.2) is 17.1 Å². The first-order valence-electron chi connectivity index (χ1n) is 3.79. The summed E-state index contributed by atoms with van der Waals surface area (Å²) in [7, 11) is 0. The van der Waals surface area contributed by atoms with Crippen LogP contribution in [-0.2, 0) is 0 Å². The Labute approximate surface area is 75.6 Å². The Hall–Kier alpha value is -0.800. The van der Waals surface area contributed by atoms with Gasteiger partial charge in [0.05, 0.1) is 0 Å². The van der Waals surface area contributed by atoms with E-state index in [-0.39, 0.29) is 16.6 Å². The maximum Gasteiger partial charge on any atom is 0.266 e. The van der Waals surface area contributed by atoms with E-state index < -0.39 is 0 Å². The van der Waals surface area contributed by atoms with Crippen molar-refractivity contribution in [3.63, 3.8) is 0 Å². The van der Waals surface area contributed by atoms with Gasteiger partial charge >= 0.3 is 0 Å². The third kappa shape index (κ3) is 1.87. The van der Waals surface area contributed by atoms with E-state index in [4.69, 9.17) is 17.3 Å². The minimum Gasteiger partial charge on any atom is -0.327 e. The van der Waals surface area contributed by atoms with E-state index in [9.17, 15) is 4.79 Å². The second-order valence-corrected chi connectivity index (χ2v) is 3.03. The SMILES string of the molecule is CCC(N)c1c[nH]c(=O)c(Cl)c1. The molecular weight excluding hydrogens is 176 g/mol. The number of rotatable bonds is 2. The fourth-order valence-electron chi connectivity index (χ4n) is 0.921. The van der Waals surface area contributed by atoms with Crippen LogP contribution < -0.4 is 11.3 Å². The molecule has 1 atom stereocenters. The van der Waals surface area contributed by atoms with Gasteiger partial charge in [0.2, 0.25) is 0 Å². The smallest absolute Gasteiger partial charge is 0.266 e. The van der Waals surface area contributed by atoms with Crippen molar-refractivity contribution < 1.29 is 0 Å². The van der Waals surface area contributed by atoms with E-state index in [2.05, 4.69) is 4.98 Å². The molecule has 0 amide bonds. The largest absolute Gasteiger partial charge is 0.327 e. The Bertz CT molecular complexity index is 321. The highest BCUT2D eigenvalue weighted by molar-refractivity contribution is 6.30. The normalized spacial score (nSPS) is 12.9. The van der Waals surface area contributed by atoms with Crippen LogP contribution in [0.5, 0.6) is 0 Å². The lowest BCUT2D eigenvalue weighted by Crippen LogP contribution is -2.13. The van der Waals surface area contributed by atoms with Crippen LogP contribution in [0.25, 0.3) is 0 Å². The van der Waals surface area contributed by atoms with Crippen LogP contribution in [-0.4, -0.2) is 4.98 Å². The summed E-state index contributed by atoms with van der Waals surface area (Å²) in [4.78, 5) is 13.4. The Kier molecular flexibility index (Phi) is 2.89. The molecule has 4 heteroatoms. The first-order chi connectivity index (χ1) is 5.65. The molecule has 0 fully saturated rings. The highest BCUT2D eigenvalue weighted by atomic mass is 35.5. The minimum absolute atomic E-state index is 0.0562. The van der Waals surface area contributed by atoms with Crippen molar-refractivity contribution in [2.45, 2.75) is 19.4 Å². The number of aromatic nitrogens is 1. The molecule has 0 aliphatic carbocycles. The van der Waals surface area contributed by atoms with E-state index in [1.165, 1.54) is 0 Å². The first kappa shape index (κ1) is 9.29. The molecule has 1 aromatic heterocycles. The zero-order valence-electron chi connectivity index (χ0n) is 6.80. The van der Waals surface area contributed by atoms with Gasteiger partial charge in [0.1, 0.15) is 5.02 Å². The molecule has 3 N–H and O–H groups in total. The van der Waals surface area contributed by atoms with Gasteiger partial charge in [-0.15, -0.1) is 0 Å². The van der Waals surface area contributed by atoms with Gasteiger partial charge in [-0.1, -0.05) is 18.5 Å². The van der Waals surface area contributed by atoms with Crippen molar-refractivity contribution >= 4 is 11.6 Å². The molecule has 1 unspecified atom stereocenters. The van der Waals surface area contributed by atoms with Crippen molar-refractivity contribution in [2.24, 2.45) is 5.73 Å². The molecule has 0 spiro atoms. The summed E-state index contributed by atoms with van der Waals surface area (Å²) in [5.74, 6) is 0. The number of aromatic amines is 1. The van der Waals surface area contributed by atoms with Crippen LogP contribution in [0, 0.1) is 0 Å². The fourth-order valence-corrected chi connectivity index (χ4v) is 1.10. The topological polar surface area (TPSA) is 58.9 Å². The van der Waals surface area contributed by atoms with E-state index in [0.29, 0.717) is 0 Å². The molecule has 1 rings (SSSR count). The lowest BCUT2D eigenvalue weighted by Gasteiger charge is -2.07. The van der Waals surface area contributed by atoms with Gasteiger partial charge in [-0.2, -0.15) is 0 Å². The lowest BCUT2D eigenvalue weighted by atomic mass is 10.1. The van der Waals surface area contributed by atoms with Crippen molar-refractivity contribution in [1.82, 2.24) is 4.98 Å². The fraction of sp³-hybridized carbons (Fsp3) is 0.375. The Morgan fingerprint density at radius 1 is 1.75 bits per heavy atom. The van der Waals surface area contributed by atoms with Crippen molar-refractivity contribution in [1.29, 1.82) is 0 Å². The maximum atomic E-state index is 10.9. The standard InChI is InChI=1S/C8H11ClN2O/c1-2-7(10)5-3-6(9)8(12)11-4-5/h3-4,7H,2,10H2,1H3,(H,11,12). The van der Waals surface area contributed by atoms with Crippen molar-refractivity contribution in [3.05, 3.63) is 33.2 Å². The van der Waals surface area contributed by atoms with E-state index >= 15 is 0 Å². The first-order valence-corrected chi connectivity index (χ1v) is 4.16. The van der Waals surface area contributed by atoms with E-state index in [1.54, 1.807) is 12.3 Å². The molecule has 0 aliphatic heterocycles. The summed E-state index contributed by atoms with van der Waals surface area (Å²) in [5, 5.41) is 0.191. The van der Waals surface area contributed by atoms with Gasteiger partial charge in [-0.3, -0.25) is 4.79 Å². The highest BCUT2D eigenvalue weighted by Gasteiger charge is 2.04. The molecule has 66 valence electrons. The zero-order valence-corrected chi connectivity index (χ0v) is 7.56. The number of nitrogens with one attached hydrogen (secondary N) is 1. The minimum atomic E-state index is -0.274. The molecule has 3 nitrogen and oxygen atoms in total. The molecule has 0 saturated carbocycles. The van der Waals surface area contributed by atoms with Crippen molar-refractivity contribution in [3.8, 4) is 0 Å². The number of nitrogens with two attached hydrogens (primary N) is 1.